The molecule has 20 heavy (non-hydrogen) atoms. The first-order valence-corrected chi connectivity index (χ1v) is 6.76. The normalized spacial score (nSPS) is 22.5. The predicted octanol–water partition coefficient (Wildman–Crippen LogP) is 3.14. The fourth-order valence-corrected chi connectivity index (χ4v) is 2.48. The Morgan fingerprint density at radius 3 is 2.55 bits per heavy atom. The van der Waals surface area contributed by atoms with E-state index in [1.165, 1.54) is 12.1 Å². The first kappa shape index (κ1) is 14.5. The van der Waals surface area contributed by atoms with Crippen molar-refractivity contribution in [1.29, 1.82) is 5.26 Å². The van der Waals surface area contributed by atoms with Crippen LogP contribution in [0.25, 0.3) is 0 Å². The molecule has 0 saturated carbocycles. The average Bonchev–Trinajstić information content (AvgIpc) is 2.61. The van der Waals surface area contributed by atoms with Crippen LogP contribution in [0.4, 0.5) is 5.69 Å². The van der Waals surface area contributed by atoms with Gasteiger partial charge in [0.05, 0.1) is 16.7 Å². The van der Waals surface area contributed by atoms with Crippen molar-refractivity contribution in [2.24, 2.45) is 11.3 Å². The van der Waals surface area contributed by atoms with Crippen molar-refractivity contribution in [2.75, 3.05) is 4.90 Å². The van der Waals surface area contributed by atoms with Crippen LogP contribution in [-0.2, 0) is 9.59 Å². The number of hydrogen-bond acceptors (Lipinski definition) is 3. The Bertz CT molecular complexity index is 633. The summed E-state index contributed by atoms with van der Waals surface area (Å²) in [5.41, 5.74) is -0.185. The third-order valence-electron chi connectivity index (χ3n) is 4.05. The summed E-state index contributed by atoms with van der Waals surface area (Å²) in [7, 11) is 0. The number of halogens is 1. The van der Waals surface area contributed by atoms with Gasteiger partial charge >= 0.3 is 0 Å². The molecule has 104 valence electrons. The van der Waals surface area contributed by atoms with Crippen molar-refractivity contribution in [2.45, 2.75) is 27.2 Å². The SMILES string of the molecule is CC(C)C1(C)CC(=O)N(c2cc(Cl)ccc2C#N)C1=O. The van der Waals surface area contributed by atoms with Crippen molar-refractivity contribution < 1.29 is 9.59 Å². The van der Waals surface area contributed by atoms with E-state index in [4.69, 9.17) is 16.9 Å². The lowest BCUT2D eigenvalue weighted by Gasteiger charge is -2.26. The van der Waals surface area contributed by atoms with E-state index < -0.39 is 5.41 Å². The molecule has 0 aromatic heterocycles. The second-order valence-electron chi connectivity index (χ2n) is 5.56. The molecule has 0 spiro atoms. The Morgan fingerprint density at radius 2 is 2.05 bits per heavy atom. The first-order valence-electron chi connectivity index (χ1n) is 6.38. The minimum atomic E-state index is -0.730. The van der Waals surface area contributed by atoms with Crippen molar-refractivity contribution in [3.63, 3.8) is 0 Å². The van der Waals surface area contributed by atoms with Gasteiger partial charge in [-0.25, -0.2) is 4.90 Å². The lowest BCUT2D eigenvalue weighted by Crippen LogP contribution is -2.37. The summed E-state index contributed by atoms with van der Waals surface area (Å²) in [5, 5.41) is 9.53. The molecule has 0 aliphatic carbocycles. The predicted molar refractivity (Wildman–Crippen MR) is 76.2 cm³/mol. The molecule has 1 fully saturated rings. The third kappa shape index (κ3) is 2.08. The van der Waals surface area contributed by atoms with Crippen LogP contribution < -0.4 is 4.90 Å². The molecule has 0 bridgehead atoms. The fourth-order valence-electron chi connectivity index (χ4n) is 2.32. The van der Waals surface area contributed by atoms with E-state index in [-0.39, 0.29) is 35.4 Å². The number of imide groups is 1. The van der Waals surface area contributed by atoms with Crippen molar-refractivity contribution >= 4 is 29.1 Å². The van der Waals surface area contributed by atoms with Gasteiger partial charge in [-0.2, -0.15) is 5.26 Å². The topological polar surface area (TPSA) is 61.2 Å². The second kappa shape index (κ2) is 4.92. The molecule has 1 aromatic carbocycles. The number of carbonyl (C=O) groups is 2. The van der Waals surface area contributed by atoms with Gasteiger partial charge in [0.25, 0.3) is 0 Å². The number of rotatable bonds is 2. The number of anilines is 1. The van der Waals surface area contributed by atoms with E-state index in [9.17, 15) is 9.59 Å². The summed E-state index contributed by atoms with van der Waals surface area (Å²) in [6, 6.07) is 6.56. The molecule has 1 unspecified atom stereocenters. The van der Waals surface area contributed by atoms with E-state index in [0.29, 0.717) is 5.02 Å². The minimum Gasteiger partial charge on any atom is -0.274 e. The van der Waals surface area contributed by atoms with Crippen LogP contribution in [0, 0.1) is 22.7 Å². The number of hydrogen-bond donors (Lipinski definition) is 0. The van der Waals surface area contributed by atoms with Crippen LogP contribution in [0.15, 0.2) is 18.2 Å². The van der Waals surface area contributed by atoms with E-state index in [1.807, 2.05) is 19.9 Å². The molecular weight excluding hydrogens is 276 g/mol. The van der Waals surface area contributed by atoms with Crippen LogP contribution in [0.2, 0.25) is 5.02 Å². The molecule has 1 aliphatic rings. The molecule has 2 rings (SSSR count). The summed E-state index contributed by atoms with van der Waals surface area (Å²) < 4.78 is 0. The molecule has 0 N–H and O–H groups in total. The zero-order valence-electron chi connectivity index (χ0n) is 11.6. The summed E-state index contributed by atoms with van der Waals surface area (Å²) in [4.78, 5) is 26.0. The van der Waals surface area contributed by atoms with Crippen molar-refractivity contribution in [3.05, 3.63) is 28.8 Å². The van der Waals surface area contributed by atoms with Gasteiger partial charge in [0.2, 0.25) is 11.8 Å². The van der Waals surface area contributed by atoms with Gasteiger partial charge < -0.3 is 0 Å². The van der Waals surface area contributed by atoms with E-state index >= 15 is 0 Å². The van der Waals surface area contributed by atoms with Crippen molar-refractivity contribution in [3.8, 4) is 6.07 Å². The van der Waals surface area contributed by atoms with E-state index in [2.05, 4.69) is 0 Å². The summed E-state index contributed by atoms with van der Waals surface area (Å²) in [5.74, 6) is -0.519. The quantitative estimate of drug-likeness (QED) is 0.786. The standard InChI is InChI=1S/C15H15ClN2O2/c1-9(2)15(3)7-13(19)18(14(15)20)12-6-11(16)5-4-10(12)8-17/h4-6,9H,7H2,1-3H3. The fraction of sp³-hybridized carbons (Fsp3) is 0.400. The summed E-state index contributed by atoms with van der Waals surface area (Å²) in [6.07, 6.45) is 0.154. The molecule has 1 atom stereocenters. The lowest BCUT2D eigenvalue weighted by atomic mass is 9.78. The molecule has 4 nitrogen and oxygen atoms in total. The van der Waals surface area contributed by atoms with E-state index in [0.717, 1.165) is 4.90 Å². The number of carbonyl (C=O) groups excluding carboxylic acids is 2. The smallest absolute Gasteiger partial charge is 0.240 e. The highest BCUT2D eigenvalue weighted by molar-refractivity contribution is 6.31. The molecular formula is C15H15ClN2O2. The molecule has 1 aromatic rings. The lowest BCUT2D eigenvalue weighted by molar-refractivity contribution is -0.126. The zero-order chi connectivity index (χ0) is 15.1. The molecule has 0 radical (unpaired) electrons. The highest BCUT2D eigenvalue weighted by Gasteiger charge is 2.51. The van der Waals surface area contributed by atoms with Gasteiger partial charge in [-0.1, -0.05) is 25.4 Å². The van der Waals surface area contributed by atoms with Gasteiger partial charge in [-0.05, 0) is 31.0 Å². The highest BCUT2D eigenvalue weighted by Crippen LogP contribution is 2.42. The monoisotopic (exact) mass is 290 g/mol. The Morgan fingerprint density at radius 1 is 1.40 bits per heavy atom. The van der Waals surface area contributed by atoms with Gasteiger partial charge in [-0.15, -0.1) is 0 Å². The number of nitrogens with zero attached hydrogens (tertiary/aromatic N) is 2. The van der Waals surface area contributed by atoms with Gasteiger partial charge in [0.1, 0.15) is 6.07 Å². The Kier molecular flexibility index (Phi) is 3.58. The third-order valence-corrected chi connectivity index (χ3v) is 4.29. The largest absolute Gasteiger partial charge is 0.274 e. The number of benzene rings is 1. The van der Waals surface area contributed by atoms with Gasteiger partial charge in [0.15, 0.2) is 0 Å². The Labute approximate surface area is 122 Å². The minimum absolute atomic E-state index is 0.0358. The van der Waals surface area contributed by atoms with Gasteiger partial charge in [0, 0.05) is 11.4 Å². The number of amides is 2. The zero-order valence-corrected chi connectivity index (χ0v) is 12.4. The van der Waals surface area contributed by atoms with Crippen LogP contribution in [0.3, 0.4) is 0 Å². The Balaban J connectivity index is 2.55. The van der Waals surface area contributed by atoms with Crippen LogP contribution in [0.1, 0.15) is 32.8 Å². The Hall–Kier alpha value is -1.86. The van der Waals surface area contributed by atoms with Crippen molar-refractivity contribution in [1.82, 2.24) is 0 Å². The maximum atomic E-state index is 12.6. The van der Waals surface area contributed by atoms with Crippen LogP contribution in [0.5, 0.6) is 0 Å². The molecule has 1 saturated heterocycles. The maximum absolute atomic E-state index is 12.6. The van der Waals surface area contributed by atoms with E-state index in [1.54, 1.807) is 13.0 Å². The molecule has 1 heterocycles. The average molecular weight is 291 g/mol. The summed E-state index contributed by atoms with van der Waals surface area (Å²) in [6.45, 7) is 5.62. The maximum Gasteiger partial charge on any atom is 0.240 e. The van der Waals surface area contributed by atoms with Gasteiger partial charge in [-0.3, -0.25) is 9.59 Å². The molecule has 2 amide bonds. The van der Waals surface area contributed by atoms with Crippen LogP contribution >= 0.6 is 11.6 Å². The van der Waals surface area contributed by atoms with Crippen LogP contribution in [-0.4, -0.2) is 11.8 Å². The highest BCUT2D eigenvalue weighted by atomic mass is 35.5. The molecule has 1 aliphatic heterocycles. The molecule has 5 heteroatoms. The summed E-state index contributed by atoms with van der Waals surface area (Å²) >= 11 is 5.92. The second-order valence-corrected chi connectivity index (χ2v) is 5.99. The number of nitriles is 1. The first-order chi connectivity index (χ1) is 9.31.